The van der Waals surface area contributed by atoms with Crippen LogP contribution in [0.3, 0.4) is 0 Å². The van der Waals surface area contributed by atoms with Gasteiger partial charge >= 0.3 is 0 Å². The summed E-state index contributed by atoms with van der Waals surface area (Å²) in [7, 11) is 0. The van der Waals surface area contributed by atoms with E-state index < -0.39 is 5.41 Å². The number of carbonyl (C=O) groups is 1. The maximum Gasteiger partial charge on any atom is 0.220 e. The van der Waals surface area contributed by atoms with Crippen LogP contribution in [0.25, 0.3) is 0 Å². The highest BCUT2D eigenvalue weighted by molar-refractivity contribution is 5.76. The number of nitrogens with zero attached hydrogens (tertiary/aromatic N) is 1. The van der Waals surface area contributed by atoms with Crippen molar-refractivity contribution < 1.29 is 4.79 Å². The highest BCUT2D eigenvalue weighted by atomic mass is 16.1. The van der Waals surface area contributed by atoms with Gasteiger partial charge in [-0.15, -0.1) is 0 Å². The van der Waals surface area contributed by atoms with E-state index in [0.717, 1.165) is 12.8 Å². The number of amides is 1. The quantitative estimate of drug-likeness (QED) is 0.795. The molecule has 0 aromatic rings. The molecule has 2 unspecified atom stereocenters. The smallest absolute Gasteiger partial charge is 0.220 e. The number of nitrogens with one attached hydrogen (secondary N) is 2. The second-order valence-corrected chi connectivity index (χ2v) is 6.45. The van der Waals surface area contributed by atoms with E-state index in [-0.39, 0.29) is 5.91 Å². The highest BCUT2D eigenvalue weighted by Gasteiger charge is 2.34. The molecule has 2 aliphatic heterocycles. The van der Waals surface area contributed by atoms with Gasteiger partial charge in [0.2, 0.25) is 5.91 Å². The molecule has 0 aliphatic carbocycles. The predicted molar refractivity (Wildman–Crippen MR) is 69.7 cm³/mol. The number of piperidine rings is 1. The van der Waals surface area contributed by atoms with Crippen molar-refractivity contribution in [3.63, 3.8) is 0 Å². The van der Waals surface area contributed by atoms with E-state index in [2.05, 4.69) is 16.7 Å². The van der Waals surface area contributed by atoms with Crippen molar-refractivity contribution in [1.29, 1.82) is 5.26 Å². The number of hydrogen-bond donors (Lipinski definition) is 2. The van der Waals surface area contributed by atoms with Crippen molar-refractivity contribution in [2.45, 2.75) is 58.0 Å². The number of carbonyl (C=O) groups excluding carboxylic acids is 1. The molecule has 0 radical (unpaired) electrons. The molecule has 0 spiro atoms. The third-order valence-corrected chi connectivity index (χ3v) is 4.07. The molecule has 0 aromatic carbocycles. The van der Waals surface area contributed by atoms with Gasteiger partial charge in [0.05, 0.1) is 11.5 Å². The molecule has 1 amide bonds. The first kappa shape index (κ1) is 13.4. The molecule has 2 aliphatic rings. The van der Waals surface area contributed by atoms with Crippen molar-refractivity contribution in [3.8, 4) is 6.07 Å². The van der Waals surface area contributed by atoms with Crippen molar-refractivity contribution in [2.75, 3.05) is 6.54 Å². The van der Waals surface area contributed by atoms with Gasteiger partial charge in [-0.1, -0.05) is 0 Å². The number of fused-ring (bicyclic) bond motifs is 2. The molecular formula is C14H23N3O. The second kappa shape index (κ2) is 5.27. The van der Waals surface area contributed by atoms with E-state index in [4.69, 9.17) is 5.26 Å². The predicted octanol–water partition coefficient (Wildman–Crippen LogP) is 1.57. The molecule has 2 bridgehead atoms. The van der Waals surface area contributed by atoms with Crippen LogP contribution >= 0.6 is 0 Å². The fourth-order valence-electron chi connectivity index (χ4n) is 3.04. The summed E-state index contributed by atoms with van der Waals surface area (Å²) >= 11 is 0. The Balaban J connectivity index is 1.73. The Hall–Kier alpha value is -1.08. The molecule has 0 saturated carbocycles. The van der Waals surface area contributed by atoms with E-state index in [0.29, 0.717) is 31.0 Å². The Morgan fingerprint density at radius 3 is 2.56 bits per heavy atom. The summed E-state index contributed by atoms with van der Waals surface area (Å²) in [5.41, 5.74) is -0.469. The zero-order valence-electron chi connectivity index (χ0n) is 11.3. The second-order valence-electron chi connectivity index (χ2n) is 6.45. The average Bonchev–Trinajstić information content (AvgIpc) is 2.66. The summed E-state index contributed by atoms with van der Waals surface area (Å²) in [6, 6.07) is 3.47. The van der Waals surface area contributed by atoms with Crippen LogP contribution < -0.4 is 10.6 Å². The molecule has 2 fully saturated rings. The minimum absolute atomic E-state index is 0.102. The summed E-state index contributed by atoms with van der Waals surface area (Å²) in [4.78, 5) is 11.9. The van der Waals surface area contributed by atoms with Gasteiger partial charge in [0.15, 0.2) is 0 Å². The molecule has 18 heavy (non-hydrogen) atoms. The zero-order valence-corrected chi connectivity index (χ0v) is 11.3. The Labute approximate surface area is 109 Å². The van der Waals surface area contributed by atoms with Crippen LogP contribution in [-0.4, -0.2) is 24.5 Å². The molecule has 4 nitrogen and oxygen atoms in total. The number of nitriles is 1. The first-order chi connectivity index (χ1) is 8.48. The minimum atomic E-state index is -0.469. The summed E-state index contributed by atoms with van der Waals surface area (Å²) in [6.07, 6.45) is 5.42. The van der Waals surface area contributed by atoms with Crippen LogP contribution in [0.2, 0.25) is 0 Å². The molecule has 2 N–H and O–H groups in total. The fraction of sp³-hybridized carbons (Fsp3) is 0.857. The van der Waals surface area contributed by atoms with E-state index >= 15 is 0 Å². The Morgan fingerprint density at radius 1 is 1.39 bits per heavy atom. The largest absolute Gasteiger partial charge is 0.355 e. The first-order valence-electron chi connectivity index (χ1n) is 6.92. The van der Waals surface area contributed by atoms with Crippen molar-refractivity contribution >= 4 is 5.91 Å². The molecule has 2 saturated heterocycles. The Morgan fingerprint density at radius 2 is 2.00 bits per heavy atom. The van der Waals surface area contributed by atoms with Gasteiger partial charge in [-0.3, -0.25) is 4.79 Å². The van der Waals surface area contributed by atoms with Gasteiger partial charge in [0.25, 0.3) is 0 Å². The van der Waals surface area contributed by atoms with Crippen LogP contribution in [0.15, 0.2) is 0 Å². The van der Waals surface area contributed by atoms with E-state index in [1.807, 2.05) is 13.8 Å². The molecule has 0 aromatic heterocycles. The molecule has 2 atom stereocenters. The molecule has 2 rings (SSSR count). The number of hydrogen-bond acceptors (Lipinski definition) is 3. The first-order valence-corrected chi connectivity index (χ1v) is 6.92. The Bertz CT molecular complexity index is 347. The van der Waals surface area contributed by atoms with Crippen molar-refractivity contribution in [3.05, 3.63) is 0 Å². The molecular weight excluding hydrogens is 226 g/mol. The third kappa shape index (κ3) is 3.46. The van der Waals surface area contributed by atoms with E-state index in [9.17, 15) is 4.79 Å². The SMILES string of the molecule is CC(C)(C#N)CNC(=O)CC1CC2CCC(C1)N2. The monoisotopic (exact) mass is 249 g/mol. The maximum absolute atomic E-state index is 11.9. The van der Waals surface area contributed by atoms with Crippen LogP contribution in [0.5, 0.6) is 0 Å². The fourth-order valence-corrected chi connectivity index (χ4v) is 3.04. The maximum atomic E-state index is 11.9. The van der Waals surface area contributed by atoms with Gasteiger partial charge < -0.3 is 10.6 Å². The third-order valence-electron chi connectivity index (χ3n) is 4.07. The normalized spacial score (nSPS) is 30.8. The van der Waals surface area contributed by atoms with Crippen LogP contribution in [-0.2, 0) is 4.79 Å². The lowest BCUT2D eigenvalue weighted by atomic mass is 9.89. The van der Waals surface area contributed by atoms with Gasteiger partial charge in [0.1, 0.15) is 0 Å². The van der Waals surface area contributed by atoms with E-state index in [1.54, 1.807) is 0 Å². The summed E-state index contributed by atoms with van der Waals surface area (Å²) in [5, 5.41) is 15.4. The van der Waals surface area contributed by atoms with E-state index in [1.165, 1.54) is 12.8 Å². The molecule has 2 heterocycles. The summed E-state index contributed by atoms with van der Waals surface area (Å²) < 4.78 is 0. The van der Waals surface area contributed by atoms with Crippen LogP contribution in [0.4, 0.5) is 0 Å². The highest BCUT2D eigenvalue weighted by Crippen LogP contribution is 2.32. The lowest BCUT2D eigenvalue weighted by Crippen LogP contribution is -2.40. The van der Waals surface area contributed by atoms with Gasteiger partial charge in [-0.25, -0.2) is 0 Å². The summed E-state index contributed by atoms with van der Waals surface area (Å²) in [6.45, 7) is 4.14. The van der Waals surface area contributed by atoms with Gasteiger partial charge in [-0.05, 0) is 45.4 Å². The van der Waals surface area contributed by atoms with Crippen molar-refractivity contribution in [2.24, 2.45) is 11.3 Å². The van der Waals surface area contributed by atoms with Gasteiger partial charge in [0, 0.05) is 25.0 Å². The van der Waals surface area contributed by atoms with Crippen LogP contribution in [0, 0.1) is 22.7 Å². The minimum Gasteiger partial charge on any atom is -0.355 e. The molecule has 4 heteroatoms. The Kier molecular flexibility index (Phi) is 3.91. The van der Waals surface area contributed by atoms with Crippen molar-refractivity contribution in [1.82, 2.24) is 10.6 Å². The summed E-state index contributed by atoms with van der Waals surface area (Å²) in [5.74, 6) is 0.624. The lowest BCUT2D eigenvalue weighted by molar-refractivity contribution is -0.122. The average molecular weight is 249 g/mol. The topological polar surface area (TPSA) is 64.9 Å². The van der Waals surface area contributed by atoms with Crippen LogP contribution in [0.1, 0.15) is 46.0 Å². The molecule has 100 valence electrons. The number of rotatable bonds is 4. The zero-order chi connectivity index (χ0) is 13.2. The van der Waals surface area contributed by atoms with Gasteiger partial charge in [-0.2, -0.15) is 5.26 Å². The lowest BCUT2D eigenvalue weighted by Gasteiger charge is -2.28. The standard InChI is InChI=1S/C14H23N3O/c1-14(2,8-15)9-16-13(18)7-10-5-11-3-4-12(6-10)17-11/h10-12,17H,3-7,9H2,1-2H3,(H,16,18).